The number of ether oxygens (including phenoxy) is 1. The molecule has 9 heteroatoms. The molecule has 1 aliphatic heterocycles. The van der Waals surface area contributed by atoms with Crippen molar-refractivity contribution in [1.29, 1.82) is 0 Å². The van der Waals surface area contributed by atoms with Crippen LogP contribution in [0.2, 0.25) is 0 Å². The summed E-state index contributed by atoms with van der Waals surface area (Å²) in [4.78, 5) is 35.7. The number of carbonyl (C=O) groups excluding carboxylic acids is 3. The van der Waals surface area contributed by atoms with Crippen LogP contribution in [0.5, 0.6) is 0 Å². The SMILES string of the molecule is COC(=O)c1ccc(CNC(=O)CN2C(=O)c3ccccc3S2(=O)=O)cc1. The molecular formula is C18H16N2O6S. The lowest BCUT2D eigenvalue weighted by Crippen LogP contribution is -2.40. The van der Waals surface area contributed by atoms with Crippen molar-refractivity contribution in [2.24, 2.45) is 0 Å². The molecule has 0 saturated heterocycles. The van der Waals surface area contributed by atoms with Crippen LogP contribution in [0, 0.1) is 0 Å². The number of rotatable bonds is 5. The van der Waals surface area contributed by atoms with Crippen molar-refractivity contribution in [3.05, 3.63) is 65.2 Å². The molecule has 27 heavy (non-hydrogen) atoms. The zero-order valence-corrected chi connectivity index (χ0v) is 15.2. The average molecular weight is 388 g/mol. The lowest BCUT2D eigenvalue weighted by Gasteiger charge is -2.14. The Labute approximate surface area is 155 Å². The first-order valence-corrected chi connectivity index (χ1v) is 9.38. The number of fused-ring (bicyclic) bond motifs is 1. The second-order valence-corrected chi connectivity index (χ2v) is 7.61. The lowest BCUT2D eigenvalue weighted by molar-refractivity contribution is -0.121. The molecule has 0 unspecified atom stereocenters. The van der Waals surface area contributed by atoms with Gasteiger partial charge in [-0.2, -0.15) is 0 Å². The smallest absolute Gasteiger partial charge is 0.337 e. The highest BCUT2D eigenvalue weighted by molar-refractivity contribution is 7.90. The zero-order valence-electron chi connectivity index (χ0n) is 14.3. The Morgan fingerprint density at radius 2 is 1.74 bits per heavy atom. The van der Waals surface area contributed by atoms with E-state index < -0.39 is 34.4 Å². The minimum absolute atomic E-state index is 0.0590. The number of amides is 2. The first kappa shape index (κ1) is 18.6. The van der Waals surface area contributed by atoms with Gasteiger partial charge in [-0.15, -0.1) is 0 Å². The second kappa shape index (κ2) is 7.20. The number of nitrogens with zero attached hydrogens (tertiary/aromatic N) is 1. The first-order chi connectivity index (χ1) is 12.8. The van der Waals surface area contributed by atoms with Crippen LogP contribution in [0.4, 0.5) is 0 Å². The van der Waals surface area contributed by atoms with Crippen molar-refractivity contribution < 1.29 is 27.5 Å². The molecule has 0 fully saturated rings. The van der Waals surface area contributed by atoms with E-state index in [1.807, 2.05) is 0 Å². The number of benzene rings is 2. The lowest BCUT2D eigenvalue weighted by atomic mass is 10.1. The van der Waals surface area contributed by atoms with Crippen LogP contribution >= 0.6 is 0 Å². The predicted octanol–water partition coefficient (Wildman–Crippen LogP) is 0.934. The Bertz CT molecular complexity index is 1010. The average Bonchev–Trinajstić information content (AvgIpc) is 2.87. The van der Waals surface area contributed by atoms with E-state index in [2.05, 4.69) is 10.1 Å². The monoisotopic (exact) mass is 388 g/mol. The highest BCUT2D eigenvalue weighted by Gasteiger charge is 2.41. The summed E-state index contributed by atoms with van der Waals surface area (Å²) < 4.78 is 30.0. The van der Waals surface area contributed by atoms with E-state index in [0.29, 0.717) is 15.4 Å². The second-order valence-electron chi connectivity index (χ2n) is 5.78. The van der Waals surface area contributed by atoms with Crippen molar-refractivity contribution in [3.8, 4) is 0 Å². The number of hydrogen-bond acceptors (Lipinski definition) is 6. The molecule has 140 valence electrons. The predicted molar refractivity (Wildman–Crippen MR) is 94.3 cm³/mol. The third-order valence-corrected chi connectivity index (χ3v) is 5.85. The van der Waals surface area contributed by atoms with Gasteiger partial charge in [0.1, 0.15) is 11.4 Å². The maximum atomic E-state index is 12.4. The Hall–Kier alpha value is -3.20. The van der Waals surface area contributed by atoms with E-state index in [4.69, 9.17) is 0 Å². The Kier molecular flexibility index (Phi) is 4.95. The summed E-state index contributed by atoms with van der Waals surface area (Å²) in [6, 6.07) is 12.2. The van der Waals surface area contributed by atoms with Crippen LogP contribution in [0.15, 0.2) is 53.4 Å². The normalized spacial score (nSPS) is 14.6. The van der Waals surface area contributed by atoms with Gasteiger partial charge < -0.3 is 10.1 Å². The van der Waals surface area contributed by atoms with Gasteiger partial charge in [0.2, 0.25) is 5.91 Å². The summed E-state index contributed by atoms with van der Waals surface area (Å²) in [5.41, 5.74) is 1.14. The highest BCUT2D eigenvalue weighted by Crippen LogP contribution is 2.29. The van der Waals surface area contributed by atoms with Crippen molar-refractivity contribution >= 4 is 27.8 Å². The number of sulfonamides is 1. The quantitative estimate of drug-likeness (QED) is 0.763. The molecule has 0 aromatic heterocycles. The van der Waals surface area contributed by atoms with Crippen LogP contribution in [0.25, 0.3) is 0 Å². The minimum Gasteiger partial charge on any atom is -0.465 e. The van der Waals surface area contributed by atoms with E-state index in [-0.39, 0.29) is 17.0 Å². The molecule has 1 heterocycles. The Balaban J connectivity index is 1.63. The molecule has 2 amide bonds. The molecule has 0 bridgehead atoms. The van der Waals surface area contributed by atoms with E-state index in [1.165, 1.54) is 25.3 Å². The van der Waals surface area contributed by atoms with E-state index in [0.717, 1.165) is 0 Å². The van der Waals surface area contributed by atoms with Crippen molar-refractivity contribution in [1.82, 2.24) is 9.62 Å². The molecule has 2 aromatic carbocycles. The molecule has 1 aliphatic rings. The molecule has 3 rings (SSSR count). The van der Waals surface area contributed by atoms with Gasteiger partial charge in [-0.05, 0) is 29.8 Å². The molecule has 0 spiro atoms. The minimum atomic E-state index is -4.02. The molecule has 8 nitrogen and oxygen atoms in total. The fourth-order valence-electron chi connectivity index (χ4n) is 2.65. The summed E-state index contributed by atoms with van der Waals surface area (Å²) >= 11 is 0. The van der Waals surface area contributed by atoms with Gasteiger partial charge in [0.15, 0.2) is 0 Å². The van der Waals surface area contributed by atoms with Crippen molar-refractivity contribution in [3.63, 3.8) is 0 Å². The van der Waals surface area contributed by atoms with Gasteiger partial charge in [0.05, 0.1) is 18.2 Å². The molecule has 0 saturated carbocycles. The van der Waals surface area contributed by atoms with Gasteiger partial charge in [0.25, 0.3) is 15.9 Å². The van der Waals surface area contributed by atoms with E-state index >= 15 is 0 Å². The summed E-state index contributed by atoms with van der Waals surface area (Å²) in [6.45, 7) is -0.481. The molecule has 2 aromatic rings. The number of nitrogens with one attached hydrogen (secondary N) is 1. The van der Waals surface area contributed by atoms with Crippen LogP contribution in [-0.2, 0) is 26.1 Å². The number of carbonyl (C=O) groups is 3. The zero-order chi connectivity index (χ0) is 19.6. The van der Waals surface area contributed by atoms with Crippen LogP contribution in [0.1, 0.15) is 26.3 Å². The van der Waals surface area contributed by atoms with Gasteiger partial charge in [-0.25, -0.2) is 17.5 Å². The summed E-state index contributed by atoms with van der Waals surface area (Å²) in [6.07, 6.45) is 0. The standard InChI is InChI=1S/C18H16N2O6S/c1-26-18(23)13-8-6-12(7-9-13)10-19-16(21)11-20-17(22)14-4-2-3-5-15(14)27(20,24)25/h2-9H,10-11H2,1H3,(H,19,21). The van der Waals surface area contributed by atoms with Crippen LogP contribution in [0.3, 0.4) is 0 Å². The maximum absolute atomic E-state index is 12.4. The summed E-state index contributed by atoms with van der Waals surface area (Å²) in [5, 5.41) is 2.56. The maximum Gasteiger partial charge on any atom is 0.337 e. The van der Waals surface area contributed by atoms with Gasteiger partial charge >= 0.3 is 5.97 Å². The van der Waals surface area contributed by atoms with Gasteiger partial charge in [0, 0.05) is 6.54 Å². The molecule has 1 N–H and O–H groups in total. The van der Waals surface area contributed by atoms with Gasteiger partial charge in [-0.1, -0.05) is 24.3 Å². The van der Waals surface area contributed by atoms with Crippen LogP contribution in [-0.4, -0.2) is 44.2 Å². The third-order valence-electron chi connectivity index (χ3n) is 4.06. The Morgan fingerprint density at radius 3 is 2.37 bits per heavy atom. The van der Waals surface area contributed by atoms with E-state index in [1.54, 1.807) is 30.3 Å². The van der Waals surface area contributed by atoms with E-state index in [9.17, 15) is 22.8 Å². The highest BCUT2D eigenvalue weighted by atomic mass is 32.2. The molecule has 0 aliphatic carbocycles. The first-order valence-electron chi connectivity index (χ1n) is 7.94. The number of hydrogen-bond donors (Lipinski definition) is 1. The van der Waals surface area contributed by atoms with Crippen LogP contribution < -0.4 is 5.32 Å². The summed E-state index contributed by atoms with van der Waals surface area (Å²) in [5.74, 6) is -1.80. The van der Waals surface area contributed by atoms with Crippen molar-refractivity contribution in [2.75, 3.05) is 13.7 Å². The topological polar surface area (TPSA) is 110 Å². The molecule has 0 radical (unpaired) electrons. The summed E-state index contributed by atoms with van der Waals surface area (Å²) in [7, 11) is -2.74. The largest absolute Gasteiger partial charge is 0.465 e. The molecular weight excluding hydrogens is 372 g/mol. The molecule has 0 atom stereocenters. The Morgan fingerprint density at radius 1 is 1.07 bits per heavy atom. The third kappa shape index (κ3) is 3.54. The number of methoxy groups -OCH3 is 1. The fourth-order valence-corrected chi connectivity index (χ4v) is 4.18. The van der Waals surface area contributed by atoms with Crippen molar-refractivity contribution in [2.45, 2.75) is 11.4 Å². The fraction of sp³-hybridized carbons (Fsp3) is 0.167. The number of esters is 1. The van der Waals surface area contributed by atoms with Gasteiger partial charge in [-0.3, -0.25) is 9.59 Å².